The predicted octanol–water partition coefficient (Wildman–Crippen LogP) is 4.97. The van der Waals surface area contributed by atoms with Crippen molar-refractivity contribution in [2.45, 2.75) is 10.9 Å². The van der Waals surface area contributed by atoms with Crippen LogP contribution in [0.5, 0.6) is 11.5 Å². The first-order chi connectivity index (χ1) is 15.0. The van der Waals surface area contributed by atoms with E-state index in [1.165, 1.54) is 18.8 Å². The minimum atomic E-state index is -0.529. The number of nitrogens with zero attached hydrogens (tertiary/aromatic N) is 2. The second-order valence-corrected chi connectivity index (χ2v) is 7.59. The molecule has 5 nitrogen and oxygen atoms in total. The van der Waals surface area contributed by atoms with Crippen LogP contribution in [0.2, 0.25) is 0 Å². The lowest BCUT2D eigenvalue weighted by Gasteiger charge is -2.15. The van der Waals surface area contributed by atoms with Crippen LogP contribution in [0.25, 0.3) is 16.6 Å². The highest BCUT2D eigenvalue weighted by molar-refractivity contribution is 7.98. The number of para-hydroxylation sites is 1. The van der Waals surface area contributed by atoms with Crippen molar-refractivity contribution >= 4 is 22.7 Å². The third-order valence-electron chi connectivity index (χ3n) is 4.70. The monoisotopic (exact) mass is 440 g/mol. The Morgan fingerprint density at radius 2 is 1.68 bits per heavy atom. The SMILES string of the molecule is COc1cc(OC)cc(-n2c(SCc3cc(F)ccc3F)nc3ccccc3c2=O)c1. The fourth-order valence-corrected chi connectivity index (χ4v) is 4.14. The van der Waals surface area contributed by atoms with Gasteiger partial charge in [0.2, 0.25) is 0 Å². The maximum absolute atomic E-state index is 14.1. The molecule has 4 aromatic rings. The number of ether oxygens (including phenoxy) is 2. The van der Waals surface area contributed by atoms with E-state index in [1.54, 1.807) is 42.5 Å². The molecule has 0 fully saturated rings. The number of aromatic nitrogens is 2. The van der Waals surface area contributed by atoms with Crippen LogP contribution in [-0.2, 0) is 5.75 Å². The van der Waals surface area contributed by atoms with Crippen LogP contribution in [0.1, 0.15) is 5.56 Å². The number of rotatable bonds is 6. The molecule has 1 heterocycles. The number of hydrogen-bond donors (Lipinski definition) is 0. The van der Waals surface area contributed by atoms with Gasteiger partial charge < -0.3 is 9.47 Å². The minimum absolute atomic E-state index is 0.0927. The molecular formula is C23H18F2N2O3S. The van der Waals surface area contributed by atoms with E-state index in [9.17, 15) is 13.6 Å². The molecule has 0 atom stereocenters. The highest BCUT2D eigenvalue weighted by Crippen LogP contribution is 2.29. The van der Waals surface area contributed by atoms with Crippen molar-refractivity contribution in [2.75, 3.05) is 14.2 Å². The quantitative estimate of drug-likeness (QED) is 0.313. The summed E-state index contributed by atoms with van der Waals surface area (Å²) in [6.45, 7) is 0. The van der Waals surface area contributed by atoms with Gasteiger partial charge in [-0.2, -0.15) is 0 Å². The maximum atomic E-state index is 14.1. The lowest BCUT2D eigenvalue weighted by Crippen LogP contribution is -2.22. The van der Waals surface area contributed by atoms with E-state index >= 15 is 0 Å². The van der Waals surface area contributed by atoms with E-state index in [-0.39, 0.29) is 16.9 Å². The van der Waals surface area contributed by atoms with Crippen LogP contribution in [0.4, 0.5) is 8.78 Å². The fraction of sp³-hybridized carbons (Fsp3) is 0.130. The molecule has 8 heteroatoms. The van der Waals surface area contributed by atoms with Gasteiger partial charge in [-0.15, -0.1) is 0 Å². The summed E-state index contributed by atoms with van der Waals surface area (Å²) in [5, 5.41) is 0.772. The van der Waals surface area contributed by atoms with Crippen LogP contribution in [0.3, 0.4) is 0 Å². The molecule has 3 aromatic carbocycles. The van der Waals surface area contributed by atoms with Crippen molar-refractivity contribution in [1.29, 1.82) is 0 Å². The van der Waals surface area contributed by atoms with Gasteiger partial charge in [-0.05, 0) is 30.3 Å². The molecule has 0 saturated carbocycles. The largest absolute Gasteiger partial charge is 0.497 e. The standard InChI is InChI=1S/C23H18F2N2O3S/c1-29-17-10-16(11-18(12-17)30-2)27-22(28)19-5-3-4-6-21(19)26-23(27)31-13-14-9-15(24)7-8-20(14)25/h3-12H,13H2,1-2H3. The lowest BCUT2D eigenvalue weighted by molar-refractivity contribution is 0.394. The number of benzene rings is 3. The first-order valence-electron chi connectivity index (χ1n) is 9.32. The zero-order valence-corrected chi connectivity index (χ0v) is 17.6. The Labute approximate surface area is 181 Å². The molecule has 31 heavy (non-hydrogen) atoms. The fourth-order valence-electron chi connectivity index (χ4n) is 3.15. The third kappa shape index (κ3) is 4.25. The zero-order chi connectivity index (χ0) is 22.0. The van der Waals surface area contributed by atoms with Crippen LogP contribution < -0.4 is 15.0 Å². The smallest absolute Gasteiger partial charge is 0.266 e. The van der Waals surface area contributed by atoms with E-state index in [2.05, 4.69) is 4.98 Å². The Morgan fingerprint density at radius 1 is 0.968 bits per heavy atom. The van der Waals surface area contributed by atoms with Crippen LogP contribution >= 0.6 is 11.8 Å². The number of thioether (sulfide) groups is 1. The van der Waals surface area contributed by atoms with Crippen molar-refractivity contribution in [1.82, 2.24) is 9.55 Å². The van der Waals surface area contributed by atoms with Gasteiger partial charge in [0, 0.05) is 29.5 Å². The van der Waals surface area contributed by atoms with E-state index in [0.717, 1.165) is 30.0 Å². The molecule has 0 unspecified atom stereocenters. The Morgan fingerprint density at radius 3 is 2.39 bits per heavy atom. The average molecular weight is 440 g/mol. The minimum Gasteiger partial charge on any atom is -0.497 e. The van der Waals surface area contributed by atoms with Crippen molar-refractivity contribution in [3.8, 4) is 17.2 Å². The number of halogens is 2. The summed E-state index contributed by atoms with van der Waals surface area (Å²) in [4.78, 5) is 18.0. The Hall–Kier alpha value is -3.39. The van der Waals surface area contributed by atoms with Crippen molar-refractivity contribution in [3.63, 3.8) is 0 Å². The summed E-state index contributed by atoms with van der Waals surface area (Å²) in [6, 6.07) is 15.3. The second kappa shape index (κ2) is 8.77. The van der Waals surface area contributed by atoms with Gasteiger partial charge >= 0.3 is 0 Å². The van der Waals surface area contributed by atoms with Gasteiger partial charge in [0.25, 0.3) is 5.56 Å². The second-order valence-electron chi connectivity index (χ2n) is 6.65. The van der Waals surface area contributed by atoms with Crippen LogP contribution in [0.15, 0.2) is 70.6 Å². The van der Waals surface area contributed by atoms with Crippen LogP contribution in [-0.4, -0.2) is 23.8 Å². The summed E-state index contributed by atoms with van der Waals surface area (Å²) < 4.78 is 39.8. The van der Waals surface area contributed by atoms with E-state index in [0.29, 0.717) is 33.2 Å². The molecular weight excluding hydrogens is 422 g/mol. The Bertz CT molecular complexity index is 1300. The molecule has 0 radical (unpaired) electrons. The molecule has 0 spiro atoms. The van der Waals surface area contributed by atoms with Gasteiger partial charge in [-0.1, -0.05) is 23.9 Å². The van der Waals surface area contributed by atoms with Crippen LogP contribution in [0, 0.1) is 11.6 Å². The molecule has 0 aliphatic rings. The Balaban J connectivity index is 1.88. The normalized spacial score (nSPS) is 11.0. The molecule has 0 aliphatic heterocycles. The summed E-state index contributed by atoms with van der Waals surface area (Å²) in [5.41, 5.74) is 0.896. The summed E-state index contributed by atoms with van der Waals surface area (Å²) in [7, 11) is 3.03. The molecule has 0 amide bonds. The summed E-state index contributed by atoms with van der Waals surface area (Å²) in [5.74, 6) is 0.0447. The van der Waals surface area contributed by atoms with E-state index < -0.39 is 11.6 Å². The van der Waals surface area contributed by atoms with Gasteiger partial charge in [0.1, 0.15) is 23.1 Å². The van der Waals surface area contributed by atoms with Gasteiger partial charge in [0.15, 0.2) is 5.16 Å². The van der Waals surface area contributed by atoms with Crippen molar-refractivity contribution in [3.05, 3.63) is 88.2 Å². The highest BCUT2D eigenvalue weighted by atomic mass is 32.2. The van der Waals surface area contributed by atoms with E-state index in [1.807, 2.05) is 0 Å². The topological polar surface area (TPSA) is 53.4 Å². The molecule has 0 aliphatic carbocycles. The summed E-state index contributed by atoms with van der Waals surface area (Å²) >= 11 is 1.14. The molecule has 158 valence electrons. The first kappa shape index (κ1) is 20.9. The number of methoxy groups -OCH3 is 2. The molecule has 4 rings (SSSR count). The first-order valence-corrected chi connectivity index (χ1v) is 10.3. The van der Waals surface area contributed by atoms with Crippen molar-refractivity contribution in [2.24, 2.45) is 0 Å². The maximum Gasteiger partial charge on any atom is 0.266 e. The molecule has 0 saturated heterocycles. The molecule has 0 N–H and O–H groups in total. The lowest BCUT2D eigenvalue weighted by atomic mass is 10.2. The summed E-state index contributed by atoms with van der Waals surface area (Å²) in [6.07, 6.45) is 0. The predicted molar refractivity (Wildman–Crippen MR) is 116 cm³/mol. The highest BCUT2D eigenvalue weighted by Gasteiger charge is 2.16. The van der Waals surface area contributed by atoms with E-state index in [4.69, 9.17) is 9.47 Å². The Kier molecular flexibility index (Phi) is 5.90. The molecule has 0 bridgehead atoms. The van der Waals surface area contributed by atoms with Gasteiger partial charge in [-0.25, -0.2) is 13.8 Å². The molecule has 1 aromatic heterocycles. The number of fused-ring (bicyclic) bond motifs is 1. The van der Waals surface area contributed by atoms with Crippen molar-refractivity contribution < 1.29 is 18.3 Å². The van der Waals surface area contributed by atoms with Gasteiger partial charge in [0.05, 0.1) is 30.8 Å². The van der Waals surface area contributed by atoms with Gasteiger partial charge in [-0.3, -0.25) is 9.36 Å². The average Bonchev–Trinajstić information content (AvgIpc) is 2.79. The zero-order valence-electron chi connectivity index (χ0n) is 16.8. The number of hydrogen-bond acceptors (Lipinski definition) is 5. The third-order valence-corrected chi connectivity index (χ3v) is 5.69.